The van der Waals surface area contributed by atoms with Crippen LogP contribution in [0.2, 0.25) is 0 Å². The molecular weight excluding hydrogens is 396 g/mol. The molecule has 28 heavy (non-hydrogen) atoms. The molecule has 1 aliphatic heterocycles. The van der Waals surface area contributed by atoms with Crippen molar-refractivity contribution in [2.24, 2.45) is 10.2 Å². The van der Waals surface area contributed by atoms with Gasteiger partial charge in [-0.2, -0.15) is 5.10 Å². The summed E-state index contributed by atoms with van der Waals surface area (Å²) in [5.41, 5.74) is 1.43. The Morgan fingerprint density at radius 1 is 1.29 bits per heavy atom. The summed E-state index contributed by atoms with van der Waals surface area (Å²) in [7, 11) is 0. The number of amides is 2. The molecule has 3 rings (SSSR count). The number of hydrogen-bond acceptors (Lipinski definition) is 7. The fourth-order valence-corrected chi connectivity index (χ4v) is 4.01. The third-order valence-electron chi connectivity index (χ3n) is 3.76. The van der Waals surface area contributed by atoms with Gasteiger partial charge >= 0.3 is 0 Å². The molecule has 1 saturated heterocycles. The minimum Gasteiger partial charge on any atom is -0.494 e. The standard InChI is InChI=1S/C19H20N4O3S2/c1-3-26-14-8-6-13(7-9-14)20-17(24)11-16-18(25)21-19(28-16)23-22-12(2)15-5-4-10-27-15/h4-10,16H,3,11H2,1-2H3,(H,20,24)(H,21,23,25)/b22-12-/t16-/m0/s1. The van der Waals surface area contributed by atoms with Crippen LogP contribution in [-0.2, 0) is 9.59 Å². The van der Waals surface area contributed by atoms with Crippen LogP contribution in [0.4, 0.5) is 5.69 Å². The molecule has 0 spiro atoms. The topological polar surface area (TPSA) is 92.2 Å². The number of thiophene rings is 1. The summed E-state index contributed by atoms with van der Waals surface area (Å²) in [5.74, 6) is 0.261. The number of nitrogens with one attached hydrogen (secondary N) is 2. The molecule has 146 valence electrons. The van der Waals surface area contributed by atoms with Gasteiger partial charge in [0.15, 0.2) is 5.17 Å². The Labute approximate surface area is 171 Å². The van der Waals surface area contributed by atoms with Gasteiger partial charge in [-0.05, 0) is 49.6 Å². The molecule has 0 unspecified atom stereocenters. The molecule has 1 aromatic heterocycles. The minimum atomic E-state index is -0.529. The molecule has 0 aliphatic carbocycles. The first-order valence-corrected chi connectivity index (χ1v) is 10.5. The maximum Gasteiger partial charge on any atom is 0.240 e. The Morgan fingerprint density at radius 2 is 2.07 bits per heavy atom. The lowest BCUT2D eigenvalue weighted by atomic mass is 10.2. The number of amidine groups is 1. The van der Waals surface area contributed by atoms with Crippen molar-refractivity contribution < 1.29 is 14.3 Å². The highest BCUT2D eigenvalue weighted by Gasteiger charge is 2.32. The SMILES string of the molecule is CCOc1ccc(NC(=O)C[C@@H]2S/C(=N\N=C(\C)c3cccs3)NC2=O)cc1. The molecule has 7 nitrogen and oxygen atoms in total. The van der Waals surface area contributed by atoms with Crippen LogP contribution in [0.1, 0.15) is 25.1 Å². The Morgan fingerprint density at radius 3 is 2.75 bits per heavy atom. The number of nitrogens with zero attached hydrogens (tertiary/aromatic N) is 2. The van der Waals surface area contributed by atoms with Gasteiger partial charge < -0.3 is 15.4 Å². The van der Waals surface area contributed by atoms with Gasteiger partial charge in [0, 0.05) is 12.1 Å². The van der Waals surface area contributed by atoms with Gasteiger partial charge in [0.25, 0.3) is 0 Å². The van der Waals surface area contributed by atoms with E-state index in [-0.39, 0.29) is 18.2 Å². The second kappa shape index (κ2) is 9.52. The van der Waals surface area contributed by atoms with Crippen LogP contribution in [0.25, 0.3) is 0 Å². The smallest absolute Gasteiger partial charge is 0.240 e. The van der Waals surface area contributed by atoms with Crippen LogP contribution in [0.5, 0.6) is 5.75 Å². The molecule has 1 fully saturated rings. The Balaban J connectivity index is 1.54. The number of carbonyl (C=O) groups excluding carboxylic acids is 2. The lowest BCUT2D eigenvalue weighted by Crippen LogP contribution is -2.28. The minimum absolute atomic E-state index is 0.0519. The highest BCUT2D eigenvalue weighted by atomic mass is 32.2. The molecule has 0 radical (unpaired) electrons. The number of carbonyl (C=O) groups is 2. The molecular formula is C19H20N4O3S2. The zero-order valence-electron chi connectivity index (χ0n) is 15.5. The molecule has 9 heteroatoms. The third kappa shape index (κ3) is 5.43. The lowest BCUT2D eigenvalue weighted by Gasteiger charge is -2.08. The number of hydrogen-bond donors (Lipinski definition) is 2. The summed E-state index contributed by atoms with van der Waals surface area (Å²) in [6, 6.07) is 11.0. The number of thioether (sulfide) groups is 1. The van der Waals surface area contributed by atoms with E-state index in [4.69, 9.17) is 4.74 Å². The van der Waals surface area contributed by atoms with Crippen LogP contribution >= 0.6 is 23.1 Å². The van der Waals surface area contributed by atoms with E-state index in [0.29, 0.717) is 17.5 Å². The van der Waals surface area contributed by atoms with Crippen molar-refractivity contribution in [2.75, 3.05) is 11.9 Å². The molecule has 2 heterocycles. The van der Waals surface area contributed by atoms with Gasteiger partial charge in [-0.1, -0.05) is 17.8 Å². The Kier molecular flexibility index (Phi) is 6.83. The van der Waals surface area contributed by atoms with Gasteiger partial charge in [0.2, 0.25) is 11.8 Å². The molecule has 2 aromatic rings. The Hall–Kier alpha value is -2.65. The number of ether oxygens (including phenoxy) is 1. The van der Waals surface area contributed by atoms with Gasteiger partial charge in [0.1, 0.15) is 11.0 Å². The van der Waals surface area contributed by atoms with Crippen LogP contribution < -0.4 is 15.4 Å². The predicted molar refractivity (Wildman–Crippen MR) is 114 cm³/mol. The first-order valence-electron chi connectivity index (χ1n) is 8.71. The fourth-order valence-electron chi connectivity index (χ4n) is 2.42. The molecule has 0 bridgehead atoms. The zero-order valence-corrected chi connectivity index (χ0v) is 17.1. The predicted octanol–water partition coefficient (Wildman–Crippen LogP) is 3.49. The van der Waals surface area contributed by atoms with Crippen LogP contribution in [0.3, 0.4) is 0 Å². The molecule has 2 N–H and O–H groups in total. The van der Waals surface area contributed by atoms with Crippen molar-refractivity contribution >= 4 is 51.5 Å². The first-order chi connectivity index (χ1) is 13.5. The number of rotatable bonds is 7. The molecule has 0 saturated carbocycles. The summed E-state index contributed by atoms with van der Waals surface area (Å²) in [6.45, 7) is 4.35. The normalized spacial score (nSPS) is 18.2. The van der Waals surface area contributed by atoms with Crippen LogP contribution in [0.15, 0.2) is 52.0 Å². The highest BCUT2D eigenvalue weighted by molar-refractivity contribution is 8.15. The zero-order chi connectivity index (χ0) is 19.9. The van der Waals surface area contributed by atoms with Crippen LogP contribution in [0, 0.1) is 0 Å². The van der Waals surface area contributed by atoms with E-state index in [1.54, 1.807) is 35.6 Å². The van der Waals surface area contributed by atoms with Crippen molar-refractivity contribution in [3.8, 4) is 5.75 Å². The molecule has 1 aliphatic rings. The first kappa shape index (κ1) is 20.1. The molecule has 1 atom stereocenters. The van der Waals surface area contributed by atoms with Crippen LogP contribution in [-0.4, -0.2) is 34.6 Å². The quantitative estimate of drug-likeness (QED) is 0.534. The maximum atomic E-state index is 12.3. The molecule has 1 aromatic carbocycles. The maximum absolute atomic E-state index is 12.3. The average molecular weight is 417 g/mol. The van der Waals surface area contributed by atoms with Gasteiger partial charge in [-0.3, -0.25) is 9.59 Å². The van der Waals surface area contributed by atoms with E-state index < -0.39 is 5.25 Å². The van der Waals surface area contributed by atoms with E-state index in [0.717, 1.165) is 16.3 Å². The number of anilines is 1. The summed E-state index contributed by atoms with van der Waals surface area (Å²) in [5, 5.41) is 15.5. The largest absolute Gasteiger partial charge is 0.494 e. The monoisotopic (exact) mass is 416 g/mol. The lowest BCUT2D eigenvalue weighted by molar-refractivity contribution is -0.122. The summed E-state index contributed by atoms with van der Waals surface area (Å²) in [4.78, 5) is 25.4. The fraction of sp³-hybridized carbons (Fsp3) is 0.263. The van der Waals surface area contributed by atoms with Gasteiger partial charge in [-0.25, -0.2) is 0 Å². The molecule has 2 amide bonds. The summed E-state index contributed by atoms with van der Waals surface area (Å²) >= 11 is 2.78. The average Bonchev–Trinajstić information content (AvgIpc) is 3.32. The van der Waals surface area contributed by atoms with E-state index in [9.17, 15) is 9.59 Å². The van der Waals surface area contributed by atoms with Crippen molar-refractivity contribution in [3.63, 3.8) is 0 Å². The van der Waals surface area contributed by atoms with E-state index in [1.165, 1.54) is 11.8 Å². The van der Waals surface area contributed by atoms with Crippen molar-refractivity contribution in [3.05, 3.63) is 46.7 Å². The van der Waals surface area contributed by atoms with Crippen molar-refractivity contribution in [1.29, 1.82) is 0 Å². The van der Waals surface area contributed by atoms with Crippen molar-refractivity contribution in [1.82, 2.24) is 5.32 Å². The second-order valence-electron chi connectivity index (χ2n) is 5.87. The summed E-state index contributed by atoms with van der Waals surface area (Å²) < 4.78 is 5.37. The van der Waals surface area contributed by atoms with E-state index >= 15 is 0 Å². The highest BCUT2D eigenvalue weighted by Crippen LogP contribution is 2.24. The van der Waals surface area contributed by atoms with E-state index in [2.05, 4.69) is 20.8 Å². The number of benzene rings is 1. The van der Waals surface area contributed by atoms with Crippen molar-refractivity contribution in [2.45, 2.75) is 25.5 Å². The van der Waals surface area contributed by atoms with Gasteiger partial charge in [-0.15, -0.1) is 16.4 Å². The second-order valence-corrected chi connectivity index (χ2v) is 8.01. The third-order valence-corrected chi connectivity index (χ3v) is 5.82. The summed E-state index contributed by atoms with van der Waals surface area (Å²) in [6.07, 6.45) is 0.0519. The van der Waals surface area contributed by atoms with Gasteiger partial charge in [0.05, 0.1) is 17.2 Å². The Bertz CT molecular complexity index is 892. The van der Waals surface area contributed by atoms with E-state index in [1.807, 2.05) is 31.4 Å².